The standard InChI is InChI=1S/C23H28N8/c1-15(2)31-22-18(13-26-31)6-5-17-12-25-23(28-21(17)22)27-20-11-16(3)19(14-24-20)30-9-7-29(4)8-10-30/h5-6,11-15H,7-10H2,1-4H3,(H,24,25,27,28). The Morgan fingerprint density at radius 2 is 1.74 bits per heavy atom. The number of nitrogens with one attached hydrogen (secondary N) is 1. The Morgan fingerprint density at radius 1 is 0.968 bits per heavy atom. The minimum Gasteiger partial charge on any atom is -0.368 e. The van der Waals surface area contributed by atoms with Crippen LogP contribution in [0.1, 0.15) is 25.5 Å². The third kappa shape index (κ3) is 3.67. The van der Waals surface area contributed by atoms with Crippen molar-refractivity contribution in [1.29, 1.82) is 0 Å². The maximum absolute atomic E-state index is 4.83. The molecule has 1 aliphatic rings. The van der Waals surface area contributed by atoms with Crippen LogP contribution in [0, 0.1) is 6.92 Å². The van der Waals surface area contributed by atoms with Crippen LogP contribution in [0.2, 0.25) is 0 Å². The Morgan fingerprint density at radius 3 is 2.48 bits per heavy atom. The van der Waals surface area contributed by atoms with Gasteiger partial charge in [-0.25, -0.2) is 15.0 Å². The number of aryl methyl sites for hydroxylation is 1. The van der Waals surface area contributed by atoms with E-state index in [1.165, 1.54) is 11.3 Å². The van der Waals surface area contributed by atoms with Crippen LogP contribution >= 0.6 is 0 Å². The molecule has 8 heteroatoms. The fourth-order valence-corrected chi connectivity index (χ4v) is 4.19. The summed E-state index contributed by atoms with van der Waals surface area (Å²) in [6.07, 6.45) is 5.70. The lowest BCUT2D eigenvalue weighted by molar-refractivity contribution is 0.312. The Hall–Kier alpha value is -3.26. The number of nitrogens with zero attached hydrogens (tertiary/aromatic N) is 7. The van der Waals surface area contributed by atoms with E-state index in [4.69, 9.17) is 4.98 Å². The molecule has 0 aliphatic carbocycles. The molecule has 160 valence electrons. The van der Waals surface area contributed by atoms with Crippen LogP contribution in [-0.4, -0.2) is 62.9 Å². The minimum absolute atomic E-state index is 0.251. The number of rotatable bonds is 4. The second-order valence-electron chi connectivity index (χ2n) is 8.59. The van der Waals surface area contributed by atoms with Crippen molar-refractivity contribution in [1.82, 2.24) is 29.6 Å². The first-order valence-electron chi connectivity index (χ1n) is 10.8. The summed E-state index contributed by atoms with van der Waals surface area (Å²) < 4.78 is 2.02. The molecule has 8 nitrogen and oxygen atoms in total. The minimum atomic E-state index is 0.251. The van der Waals surface area contributed by atoms with E-state index in [2.05, 4.69) is 70.1 Å². The molecule has 5 rings (SSSR count). The van der Waals surface area contributed by atoms with E-state index in [0.29, 0.717) is 5.95 Å². The van der Waals surface area contributed by atoms with Crippen LogP contribution in [0.3, 0.4) is 0 Å². The van der Waals surface area contributed by atoms with Crippen molar-refractivity contribution in [2.24, 2.45) is 0 Å². The summed E-state index contributed by atoms with van der Waals surface area (Å²) in [5.41, 5.74) is 4.32. The molecule has 31 heavy (non-hydrogen) atoms. The molecule has 0 atom stereocenters. The average molecular weight is 417 g/mol. The molecule has 4 aromatic rings. The van der Waals surface area contributed by atoms with Crippen molar-refractivity contribution in [2.75, 3.05) is 43.4 Å². The fraction of sp³-hybridized carbons (Fsp3) is 0.391. The van der Waals surface area contributed by atoms with E-state index < -0.39 is 0 Å². The molecular formula is C23H28N8. The van der Waals surface area contributed by atoms with Crippen LogP contribution < -0.4 is 10.2 Å². The SMILES string of the molecule is Cc1cc(Nc2ncc3ccc4cnn(C(C)C)c4c3n2)ncc1N1CCN(C)CC1. The van der Waals surface area contributed by atoms with Gasteiger partial charge < -0.3 is 15.1 Å². The van der Waals surface area contributed by atoms with Gasteiger partial charge in [-0.05, 0) is 39.4 Å². The largest absolute Gasteiger partial charge is 0.368 e. The lowest BCUT2D eigenvalue weighted by atomic mass is 10.2. The Balaban J connectivity index is 1.46. The van der Waals surface area contributed by atoms with Gasteiger partial charge in [0.25, 0.3) is 0 Å². The lowest BCUT2D eigenvalue weighted by Gasteiger charge is -2.34. The number of hydrogen-bond donors (Lipinski definition) is 1. The van der Waals surface area contributed by atoms with Gasteiger partial charge in [-0.3, -0.25) is 4.68 Å². The first-order valence-corrected chi connectivity index (χ1v) is 10.8. The van der Waals surface area contributed by atoms with Gasteiger partial charge in [0, 0.05) is 49.2 Å². The first kappa shape index (κ1) is 19.7. The zero-order valence-electron chi connectivity index (χ0n) is 18.5. The number of pyridine rings is 1. The van der Waals surface area contributed by atoms with E-state index in [9.17, 15) is 0 Å². The van der Waals surface area contributed by atoms with Crippen LogP contribution in [0.25, 0.3) is 21.8 Å². The number of anilines is 3. The molecule has 1 fully saturated rings. The Kier molecular flexibility index (Phi) is 4.94. The number of benzene rings is 1. The van der Waals surface area contributed by atoms with Crippen LogP contribution in [0.5, 0.6) is 0 Å². The molecule has 1 saturated heterocycles. The molecule has 4 heterocycles. The van der Waals surface area contributed by atoms with Gasteiger partial charge in [0.15, 0.2) is 0 Å². The number of fused-ring (bicyclic) bond motifs is 3. The van der Waals surface area contributed by atoms with Gasteiger partial charge in [-0.2, -0.15) is 5.10 Å². The Labute approximate surface area is 181 Å². The highest BCUT2D eigenvalue weighted by Gasteiger charge is 2.17. The summed E-state index contributed by atoms with van der Waals surface area (Å²) in [6.45, 7) is 10.6. The molecule has 0 radical (unpaired) electrons. The van der Waals surface area contributed by atoms with Gasteiger partial charge in [0.1, 0.15) is 11.3 Å². The summed E-state index contributed by atoms with van der Waals surface area (Å²) >= 11 is 0. The van der Waals surface area contributed by atoms with E-state index in [0.717, 1.165) is 53.8 Å². The molecule has 1 aliphatic heterocycles. The summed E-state index contributed by atoms with van der Waals surface area (Å²) in [4.78, 5) is 18.7. The van der Waals surface area contributed by atoms with E-state index in [-0.39, 0.29) is 6.04 Å². The molecule has 3 aromatic heterocycles. The first-order chi connectivity index (χ1) is 15.0. The molecular weight excluding hydrogens is 388 g/mol. The molecule has 0 saturated carbocycles. The summed E-state index contributed by atoms with van der Waals surface area (Å²) in [5, 5.41) is 9.91. The second-order valence-corrected chi connectivity index (χ2v) is 8.59. The Bertz CT molecular complexity index is 1240. The summed E-state index contributed by atoms with van der Waals surface area (Å²) in [7, 11) is 2.17. The van der Waals surface area contributed by atoms with E-state index in [1.54, 1.807) is 0 Å². The van der Waals surface area contributed by atoms with Gasteiger partial charge in [0.2, 0.25) is 5.95 Å². The molecule has 0 amide bonds. The van der Waals surface area contributed by atoms with E-state index >= 15 is 0 Å². The number of piperazine rings is 1. The van der Waals surface area contributed by atoms with E-state index in [1.807, 2.05) is 29.3 Å². The third-order valence-corrected chi connectivity index (χ3v) is 5.96. The number of hydrogen-bond acceptors (Lipinski definition) is 7. The van der Waals surface area contributed by atoms with Gasteiger partial charge in [-0.1, -0.05) is 12.1 Å². The average Bonchev–Trinajstić information content (AvgIpc) is 3.20. The van der Waals surface area contributed by atoms with Crippen molar-refractivity contribution < 1.29 is 0 Å². The number of aromatic nitrogens is 5. The maximum atomic E-state index is 4.83. The van der Waals surface area contributed by atoms with Crippen molar-refractivity contribution in [3.8, 4) is 0 Å². The van der Waals surface area contributed by atoms with Crippen LogP contribution in [0.15, 0.2) is 36.8 Å². The smallest absolute Gasteiger partial charge is 0.228 e. The van der Waals surface area contributed by atoms with Crippen molar-refractivity contribution >= 4 is 39.3 Å². The summed E-state index contributed by atoms with van der Waals surface area (Å²) in [6, 6.07) is 6.43. The fourth-order valence-electron chi connectivity index (χ4n) is 4.19. The topological polar surface area (TPSA) is 75.0 Å². The summed E-state index contributed by atoms with van der Waals surface area (Å²) in [5.74, 6) is 1.29. The molecule has 0 spiro atoms. The van der Waals surface area contributed by atoms with Crippen molar-refractivity contribution in [2.45, 2.75) is 26.8 Å². The van der Waals surface area contributed by atoms with Gasteiger partial charge in [0.05, 0.1) is 23.6 Å². The highest BCUT2D eigenvalue weighted by molar-refractivity contribution is 6.03. The quantitative estimate of drug-likeness (QED) is 0.543. The van der Waals surface area contributed by atoms with Crippen molar-refractivity contribution in [3.63, 3.8) is 0 Å². The normalized spacial score (nSPS) is 15.3. The maximum Gasteiger partial charge on any atom is 0.228 e. The van der Waals surface area contributed by atoms with Crippen LogP contribution in [0.4, 0.5) is 17.5 Å². The van der Waals surface area contributed by atoms with Crippen LogP contribution in [-0.2, 0) is 0 Å². The molecule has 1 N–H and O–H groups in total. The number of likely N-dealkylation sites (N-methyl/N-ethyl adjacent to an activating group) is 1. The monoisotopic (exact) mass is 416 g/mol. The molecule has 1 aromatic carbocycles. The zero-order chi connectivity index (χ0) is 21.5. The lowest BCUT2D eigenvalue weighted by Crippen LogP contribution is -2.44. The van der Waals surface area contributed by atoms with Gasteiger partial charge in [-0.15, -0.1) is 0 Å². The molecule has 0 bridgehead atoms. The second kappa shape index (κ2) is 7.77. The molecule has 0 unspecified atom stereocenters. The third-order valence-electron chi connectivity index (χ3n) is 5.96. The van der Waals surface area contributed by atoms with Crippen molar-refractivity contribution in [3.05, 3.63) is 42.4 Å². The predicted molar refractivity (Wildman–Crippen MR) is 125 cm³/mol. The highest BCUT2D eigenvalue weighted by atomic mass is 15.3. The predicted octanol–water partition coefficient (Wildman–Crippen LogP) is 3.76. The zero-order valence-corrected chi connectivity index (χ0v) is 18.5. The van der Waals surface area contributed by atoms with Gasteiger partial charge >= 0.3 is 0 Å². The highest BCUT2D eigenvalue weighted by Crippen LogP contribution is 2.28.